The molecule has 1 saturated carbocycles. The third kappa shape index (κ3) is 3.11. The fourth-order valence-corrected chi connectivity index (χ4v) is 3.75. The van der Waals surface area contributed by atoms with Crippen LogP contribution in [0.4, 0.5) is 0 Å². The van der Waals surface area contributed by atoms with Crippen molar-refractivity contribution in [2.24, 2.45) is 5.92 Å². The molecule has 0 aromatic carbocycles. The third-order valence-electron chi connectivity index (χ3n) is 5.14. The number of nitrogens with zero attached hydrogens (tertiary/aromatic N) is 2. The SMILES string of the molecule is CCCC1CCC(C(=O)O)(N2CCN(C)CC2)CC1. The van der Waals surface area contributed by atoms with Gasteiger partial charge in [-0.1, -0.05) is 19.8 Å². The van der Waals surface area contributed by atoms with E-state index in [4.69, 9.17) is 0 Å². The Morgan fingerprint density at radius 2 is 1.79 bits per heavy atom. The Balaban J connectivity index is 2.02. The zero-order chi connectivity index (χ0) is 13.9. The molecule has 0 spiro atoms. The van der Waals surface area contributed by atoms with Crippen LogP contribution in [0.3, 0.4) is 0 Å². The van der Waals surface area contributed by atoms with Crippen molar-refractivity contribution in [1.82, 2.24) is 9.80 Å². The lowest BCUT2D eigenvalue weighted by atomic mass is 9.74. The van der Waals surface area contributed by atoms with Crippen molar-refractivity contribution < 1.29 is 9.90 Å². The molecule has 4 heteroatoms. The highest BCUT2D eigenvalue weighted by Crippen LogP contribution is 2.39. The van der Waals surface area contributed by atoms with Crippen LogP contribution in [0.25, 0.3) is 0 Å². The maximum absolute atomic E-state index is 11.9. The van der Waals surface area contributed by atoms with Crippen LogP contribution in [0.2, 0.25) is 0 Å². The van der Waals surface area contributed by atoms with Gasteiger partial charge >= 0.3 is 5.97 Å². The van der Waals surface area contributed by atoms with E-state index in [9.17, 15) is 9.90 Å². The summed E-state index contributed by atoms with van der Waals surface area (Å²) in [6.07, 6.45) is 6.35. The molecule has 0 bridgehead atoms. The molecule has 0 amide bonds. The summed E-state index contributed by atoms with van der Waals surface area (Å²) in [4.78, 5) is 16.4. The average molecular weight is 268 g/mol. The van der Waals surface area contributed by atoms with Gasteiger partial charge in [0.15, 0.2) is 0 Å². The zero-order valence-electron chi connectivity index (χ0n) is 12.4. The highest BCUT2D eigenvalue weighted by atomic mass is 16.4. The summed E-state index contributed by atoms with van der Waals surface area (Å²) in [6, 6.07) is 0. The molecule has 2 rings (SSSR count). The number of hydrogen-bond acceptors (Lipinski definition) is 3. The predicted octanol–water partition coefficient (Wildman–Crippen LogP) is 2.05. The van der Waals surface area contributed by atoms with E-state index in [1.165, 1.54) is 12.8 Å². The molecule has 1 heterocycles. The molecule has 2 aliphatic rings. The lowest BCUT2D eigenvalue weighted by molar-refractivity contribution is -0.156. The molecule has 1 aliphatic heterocycles. The van der Waals surface area contributed by atoms with E-state index in [0.29, 0.717) is 0 Å². The molecule has 19 heavy (non-hydrogen) atoms. The molecule has 1 saturated heterocycles. The van der Waals surface area contributed by atoms with Crippen molar-refractivity contribution in [3.05, 3.63) is 0 Å². The number of carboxylic acid groups (broad SMARTS) is 1. The molecular weight excluding hydrogens is 240 g/mol. The molecule has 110 valence electrons. The Morgan fingerprint density at radius 1 is 1.21 bits per heavy atom. The fourth-order valence-electron chi connectivity index (χ4n) is 3.75. The van der Waals surface area contributed by atoms with Crippen LogP contribution < -0.4 is 0 Å². The average Bonchev–Trinajstić information content (AvgIpc) is 2.41. The fraction of sp³-hybridized carbons (Fsp3) is 0.933. The van der Waals surface area contributed by atoms with Crippen molar-refractivity contribution in [3.8, 4) is 0 Å². The van der Waals surface area contributed by atoms with Gasteiger partial charge in [0.05, 0.1) is 0 Å². The number of carboxylic acids is 1. The number of aliphatic carboxylic acids is 1. The van der Waals surface area contributed by atoms with Gasteiger partial charge in [0.2, 0.25) is 0 Å². The van der Waals surface area contributed by atoms with E-state index < -0.39 is 11.5 Å². The molecule has 0 aromatic heterocycles. The summed E-state index contributed by atoms with van der Waals surface area (Å²) in [6.45, 7) is 6.02. The van der Waals surface area contributed by atoms with Crippen molar-refractivity contribution in [3.63, 3.8) is 0 Å². The summed E-state index contributed by atoms with van der Waals surface area (Å²) in [5.41, 5.74) is -0.564. The topological polar surface area (TPSA) is 43.8 Å². The Labute approximate surface area is 116 Å². The van der Waals surface area contributed by atoms with Crippen LogP contribution in [0.5, 0.6) is 0 Å². The van der Waals surface area contributed by atoms with E-state index >= 15 is 0 Å². The van der Waals surface area contributed by atoms with Gasteiger partial charge in [0, 0.05) is 26.2 Å². The van der Waals surface area contributed by atoms with Gasteiger partial charge in [-0.05, 0) is 38.6 Å². The van der Waals surface area contributed by atoms with Crippen LogP contribution in [0.15, 0.2) is 0 Å². The molecule has 0 unspecified atom stereocenters. The summed E-state index contributed by atoms with van der Waals surface area (Å²) >= 11 is 0. The molecule has 2 fully saturated rings. The molecule has 0 aromatic rings. The lowest BCUT2D eigenvalue weighted by Crippen LogP contribution is -2.61. The predicted molar refractivity (Wildman–Crippen MR) is 76.3 cm³/mol. The number of piperazine rings is 1. The highest BCUT2D eigenvalue weighted by Gasteiger charge is 2.46. The van der Waals surface area contributed by atoms with Crippen LogP contribution in [0, 0.1) is 5.92 Å². The van der Waals surface area contributed by atoms with Crippen molar-refractivity contribution in [1.29, 1.82) is 0 Å². The first kappa shape index (κ1) is 14.8. The van der Waals surface area contributed by atoms with Crippen LogP contribution >= 0.6 is 0 Å². The van der Waals surface area contributed by atoms with Crippen LogP contribution in [0.1, 0.15) is 45.4 Å². The minimum atomic E-state index is -0.591. The summed E-state index contributed by atoms with van der Waals surface area (Å²) in [5, 5.41) is 9.77. The largest absolute Gasteiger partial charge is 0.480 e. The zero-order valence-corrected chi connectivity index (χ0v) is 12.4. The summed E-state index contributed by atoms with van der Waals surface area (Å²) in [7, 11) is 2.11. The molecule has 0 atom stereocenters. The number of likely N-dealkylation sites (N-methyl/N-ethyl adjacent to an activating group) is 1. The Kier molecular flexibility index (Phi) is 4.85. The highest BCUT2D eigenvalue weighted by molar-refractivity contribution is 5.79. The Bertz CT molecular complexity index is 303. The first-order valence-corrected chi connectivity index (χ1v) is 7.75. The second-order valence-electron chi connectivity index (χ2n) is 6.36. The van der Waals surface area contributed by atoms with Gasteiger partial charge in [-0.2, -0.15) is 0 Å². The quantitative estimate of drug-likeness (QED) is 0.847. The second-order valence-corrected chi connectivity index (χ2v) is 6.36. The van der Waals surface area contributed by atoms with Crippen LogP contribution in [-0.2, 0) is 4.79 Å². The molecule has 0 radical (unpaired) electrons. The lowest BCUT2D eigenvalue weighted by Gasteiger charge is -2.47. The maximum atomic E-state index is 11.9. The van der Waals surface area contributed by atoms with E-state index in [-0.39, 0.29) is 0 Å². The number of hydrogen-bond donors (Lipinski definition) is 1. The number of carbonyl (C=O) groups is 1. The molecule has 4 nitrogen and oxygen atoms in total. The van der Waals surface area contributed by atoms with E-state index in [0.717, 1.165) is 57.8 Å². The monoisotopic (exact) mass is 268 g/mol. The Hall–Kier alpha value is -0.610. The van der Waals surface area contributed by atoms with E-state index in [2.05, 4.69) is 23.8 Å². The van der Waals surface area contributed by atoms with Crippen LogP contribution in [-0.4, -0.2) is 59.6 Å². The van der Waals surface area contributed by atoms with Crippen molar-refractivity contribution in [2.45, 2.75) is 51.0 Å². The van der Waals surface area contributed by atoms with E-state index in [1.54, 1.807) is 0 Å². The van der Waals surface area contributed by atoms with Gasteiger partial charge < -0.3 is 10.0 Å². The Morgan fingerprint density at radius 3 is 2.26 bits per heavy atom. The van der Waals surface area contributed by atoms with Crippen molar-refractivity contribution in [2.75, 3.05) is 33.2 Å². The molecule has 1 N–H and O–H groups in total. The summed E-state index contributed by atoms with van der Waals surface area (Å²) in [5.74, 6) is 0.164. The van der Waals surface area contributed by atoms with Gasteiger partial charge in [-0.25, -0.2) is 0 Å². The minimum Gasteiger partial charge on any atom is -0.480 e. The minimum absolute atomic E-state index is 0.564. The van der Waals surface area contributed by atoms with Gasteiger partial charge in [-0.15, -0.1) is 0 Å². The van der Waals surface area contributed by atoms with Gasteiger partial charge in [0.1, 0.15) is 5.54 Å². The second kappa shape index (κ2) is 6.23. The van der Waals surface area contributed by atoms with E-state index in [1.807, 2.05) is 0 Å². The smallest absolute Gasteiger partial charge is 0.324 e. The standard InChI is InChI=1S/C15H28N2O2/c1-3-4-13-5-7-15(8-6-13,14(18)19)17-11-9-16(2)10-12-17/h13H,3-12H2,1-2H3,(H,18,19). The third-order valence-corrected chi connectivity index (χ3v) is 5.14. The normalized spacial score (nSPS) is 34.3. The van der Waals surface area contributed by atoms with Gasteiger partial charge in [0.25, 0.3) is 0 Å². The summed E-state index contributed by atoms with van der Waals surface area (Å²) < 4.78 is 0. The molecule has 1 aliphatic carbocycles. The maximum Gasteiger partial charge on any atom is 0.324 e. The first-order chi connectivity index (χ1) is 9.08. The van der Waals surface area contributed by atoms with Gasteiger partial charge in [-0.3, -0.25) is 9.69 Å². The number of rotatable bonds is 4. The first-order valence-electron chi connectivity index (χ1n) is 7.75. The van der Waals surface area contributed by atoms with Crippen molar-refractivity contribution >= 4 is 5.97 Å². The molecular formula is C15H28N2O2.